The minimum absolute atomic E-state index is 0.0299. The Morgan fingerprint density at radius 2 is 2.00 bits per heavy atom. The SMILES string of the molecule is O=C1Cc2cc(NCCCc3ccccc3)c(Cl)cc2N1. The number of nitrogens with one attached hydrogen (secondary N) is 2. The highest BCUT2D eigenvalue weighted by atomic mass is 35.5. The third kappa shape index (κ3) is 3.37. The van der Waals surface area contributed by atoms with Crippen LogP contribution in [0, 0.1) is 0 Å². The van der Waals surface area contributed by atoms with E-state index >= 15 is 0 Å². The Labute approximate surface area is 129 Å². The van der Waals surface area contributed by atoms with Crippen molar-refractivity contribution in [2.24, 2.45) is 0 Å². The molecule has 2 N–H and O–H groups in total. The number of carbonyl (C=O) groups is 1. The highest BCUT2D eigenvalue weighted by Gasteiger charge is 2.19. The number of benzene rings is 2. The zero-order valence-electron chi connectivity index (χ0n) is 11.7. The van der Waals surface area contributed by atoms with E-state index in [0.717, 1.165) is 36.3 Å². The number of rotatable bonds is 5. The number of amides is 1. The van der Waals surface area contributed by atoms with Gasteiger partial charge in [-0.1, -0.05) is 41.9 Å². The molecule has 2 aromatic carbocycles. The summed E-state index contributed by atoms with van der Waals surface area (Å²) < 4.78 is 0. The topological polar surface area (TPSA) is 41.1 Å². The summed E-state index contributed by atoms with van der Waals surface area (Å²) in [5.41, 5.74) is 4.09. The van der Waals surface area contributed by atoms with Crippen molar-refractivity contribution in [1.29, 1.82) is 0 Å². The first-order chi connectivity index (χ1) is 10.2. The number of carbonyl (C=O) groups excluding carboxylic acids is 1. The lowest BCUT2D eigenvalue weighted by atomic mass is 10.1. The molecule has 1 amide bonds. The third-order valence-corrected chi connectivity index (χ3v) is 3.93. The van der Waals surface area contributed by atoms with Gasteiger partial charge < -0.3 is 10.6 Å². The number of hydrogen-bond acceptors (Lipinski definition) is 2. The summed E-state index contributed by atoms with van der Waals surface area (Å²) in [4.78, 5) is 11.4. The van der Waals surface area contributed by atoms with Gasteiger partial charge in [-0.2, -0.15) is 0 Å². The highest BCUT2D eigenvalue weighted by Crippen LogP contribution is 2.32. The van der Waals surface area contributed by atoms with Crippen LogP contribution in [-0.2, 0) is 17.6 Å². The summed E-state index contributed by atoms with van der Waals surface area (Å²) in [6.45, 7) is 0.856. The first kappa shape index (κ1) is 14.0. The molecule has 1 heterocycles. The van der Waals surface area contributed by atoms with E-state index in [1.54, 1.807) is 0 Å². The van der Waals surface area contributed by atoms with Crippen molar-refractivity contribution in [2.75, 3.05) is 17.2 Å². The Kier molecular flexibility index (Phi) is 4.11. The van der Waals surface area contributed by atoms with Gasteiger partial charge in [0.2, 0.25) is 5.91 Å². The molecule has 2 aromatic rings. The third-order valence-electron chi connectivity index (χ3n) is 3.62. The van der Waals surface area contributed by atoms with Gasteiger partial charge in [0.05, 0.1) is 17.1 Å². The van der Waals surface area contributed by atoms with Crippen molar-refractivity contribution in [1.82, 2.24) is 0 Å². The van der Waals surface area contributed by atoms with E-state index < -0.39 is 0 Å². The summed E-state index contributed by atoms with van der Waals surface area (Å²) in [5, 5.41) is 6.81. The van der Waals surface area contributed by atoms with E-state index in [1.165, 1.54) is 5.56 Å². The van der Waals surface area contributed by atoms with Crippen molar-refractivity contribution >= 4 is 28.9 Å². The van der Waals surface area contributed by atoms with Gasteiger partial charge in [-0.3, -0.25) is 4.79 Å². The van der Waals surface area contributed by atoms with Crippen molar-refractivity contribution in [2.45, 2.75) is 19.3 Å². The second kappa shape index (κ2) is 6.19. The number of anilines is 2. The van der Waals surface area contributed by atoms with Crippen LogP contribution in [0.1, 0.15) is 17.5 Å². The molecular formula is C17H17ClN2O. The molecule has 21 heavy (non-hydrogen) atoms. The van der Waals surface area contributed by atoms with E-state index in [0.29, 0.717) is 11.4 Å². The summed E-state index contributed by atoms with van der Waals surface area (Å²) in [6, 6.07) is 14.2. The van der Waals surface area contributed by atoms with Crippen LogP contribution in [0.15, 0.2) is 42.5 Å². The van der Waals surface area contributed by atoms with Crippen LogP contribution in [-0.4, -0.2) is 12.5 Å². The van der Waals surface area contributed by atoms with Crippen LogP contribution in [0.5, 0.6) is 0 Å². The van der Waals surface area contributed by atoms with Crippen LogP contribution in [0.3, 0.4) is 0 Å². The fraction of sp³-hybridized carbons (Fsp3) is 0.235. The molecule has 108 valence electrons. The molecule has 0 aromatic heterocycles. The Morgan fingerprint density at radius 3 is 2.81 bits per heavy atom. The van der Waals surface area contributed by atoms with Gasteiger partial charge in [-0.15, -0.1) is 0 Å². The maximum absolute atomic E-state index is 11.4. The lowest BCUT2D eigenvalue weighted by molar-refractivity contribution is -0.115. The molecule has 3 rings (SSSR count). The normalized spacial score (nSPS) is 12.9. The van der Waals surface area contributed by atoms with Gasteiger partial charge in [0.25, 0.3) is 0 Å². The van der Waals surface area contributed by atoms with Crippen LogP contribution >= 0.6 is 11.6 Å². The molecule has 0 fully saturated rings. The summed E-state index contributed by atoms with van der Waals surface area (Å²) in [5.74, 6) is 0.0299. The zero-order valence-corrected chi connectivity index (χ0v) is 12.4. The number of hydrogen-bond donors (Lipinski definition) is 2. The number of fused-ring (bicyclic) bond motifs is 1. The molecule has 0 atom stereocenters. The monoisotopic (exact) mass is 300 g/mol. The predicted octanol–water partition coefficient (Wildman–Crippen LogP) is 3.88. The van der Waals surface area contributed by atoms with Gasteiger partial charge in [0.15, 0.2) is 0 Å². The van der Waals surface area contributed by atoms with Gasteiger partial charge in [0.1, 0.15) is 0 Å². The van der Waals surface area contributed by atoms with Crippen LogP contribution in [0.4, 0.5) is 11.4 Å². The molecule has 4 heteroatoms. The number of aryl methyl sites for hydroxylation is 1. The second-order valence-corrected chi connectivity index (χ2v) is 5.64. The lowest BCUT2D eigenvalue weighted by Gasteiger charge is -2.10. The maximum atomic E-state index is 11.4. The van der Waals surface area contributed by atoms with Crippen LogP contribution in [0.25, 0.3) is 0 Å². The Bertz CT molecular complexity index is 655. The summed E-state index contributed by atoms with van der Waals surface area (Å²) >= 11 is 6.24. The largest absolute Gasteiger partial charge is 0.384 e. The Morgan fingerprint density at radius 1 is 1.19 bits per heavy atom. The average Bonchev–Trinajstić information content (AvgIpc) is 2.83. The van der Waals surface area contributed by atoms with Crippen molar-refractivity contribution in [3.8, 4) is 0 Å². The molecule has 3 nitrogen and oxygen atoms in total. The van der Waals surface area contributed by atoms with E-state index in [1.807, 2.05) is 18.2 Å². The fourth-order valence-electron chi connectivity index (χ4n) is 2.54. The maximum Gasteiger partial charge on any atom is 0.228 e. The first-order valence-corrected chi connectivity index (χ1v) is 7.50. The van der Waals surface area contributed by atoms with Gasteiger partial charge >= 0.3 is 0 Å². The molecule has 0 radical (unpaired) electrons. The van der Waals surface area contributed by atoms with E-state index in [9.17, 15) is 4.79 Å². The zero-order chi connectivity index (χ0) is 14.7. The smallest absolute Gasteiger partial charge is 0.228 e. The minimum atomic E-state index is 0.0299. The molecular weight excluding hydrogens is 284 g/mol. The van der Waals surface area contributed by atoms with Gasteiger partial charge in [-0.25, -0.2) is 0 Å². The van der Waals surface area contributed by atoms with Crippen LogP contribution < -0.4 is 10.6 Å². The number of halogens is 1. The molecule has 0 aliphatic carbocycles. The Balaban J connectivity index is 1.56. The molecule has 0 spiro atoms. The highest BCUT2D eigenvalue weighted by molar-refractivity contribution is 6.33. The quantitative estimate of drug-likeness (QED) is 0.823. The van der Waals surface area contributed by atoms with Crippen molar-refractivity contribution in [3.63, 3.8) is 0 Å². The molecule has 0 saturated carbocycles. The van der Waals surface area contributed by atoms with E-state index in [-0.39, 0.29) is 5.91 Å². The molecule has 0 saturated heterocycles. The summed E-state index contributed by atoms with van der Waals surface area (Å²) in [7, 11) is 0. The first-order valence-electron chi connectivity index (χ1n) is 7.12. The lowest BCUT2D eigenvalue weighted by Crippen LogP contribution is -2.04. The van der Waals surface area contributed by atoms with Gasteiger partial charge in [-0.05, 0) is 36.1 Å². The van der Waals surface area contributed by atoms with Gasteiger partial charge in [0, 0.05) is 12.2 Å². The van der Waals surface area contributed by atoms with Crippen molar-refractivity contribution < 1.29 is 4.79 Å². The molecule has 0 bridgehead atoms. The predicted molar refractivity (Wildman–Crippen MR) is 87.0 cm³/mol. The fourth-order valence-corrected chi connectivity index (χ4v) is 2.77. The van der Waals surface area contributed by atoms with Crippen molar-refractivity contribution in [3.05, 3.63) is 58.6 Å². The Hall–Kier alpha value is -2.00. The van der Waals surface area contributed by atoms with E-state index in [2.05, 4.69) is 34.9 Å². The van der Waals surface area contributed by atoms with E-state index in [4.69, 9.17) is 11.6 Å². The molecule has 0 unspecified atom stereocenters. The summed E-state index contributed by atoms with van der Waals surface area (Å²) in [6.07, 6.45) is 2.51. The molecule has 1 aliphatic rings. The average molecular weight is 301 g/mol. The van der Waals surface area contributed by atoms with Crippen LogP contribution in [0.2, 0.25) is 5.02 Å². The second-order valence-electron chi connectivity index (χ2n) is 5.23. The molecule has 1 aliphatic heterocycles. The minimum Gasteiger partial charge on any atom is -0.384 e. The standard InChI is InChI=1S/C17H17ClN2O/c18-14-11-15-13(10-17(21)20-15)9-16(14)19-8-4-7-12-5-2-1-3-6-12/h1-3,5-6,9,11,19H,4,7-8,10H2,(H,20,21).